The normalized spacial score (nSPS) is 11.2. The van der Waals surface area contributed by atoms with Crippen LogP contribution in [0.25, 0.3) is 0 Å². The van der Waals surface area contributed by atoms with Crippen molar-refractivity contribution in [3.8, 4) is 11.5 Å². The molecule has 0 spiro atoms. The second kappa shape index (κ2) is 8.91. The van der Waals surface area contributed by atoms with E-state index in [9.17, 15) is 17.6 Å². The third-order valence-electron chi connectivity index (χ3n) is 2.28. The number of benzene rings is 1. The number of rotatable bonds is 9. The van der Waals surface area contributed by atoms with E-state index in [4.69, 9.17) is 0 Å². The minimum Gasteiger partial charge on any atom is -0.435 e. The Morgan fingerprint density at radius 1 is 1.15 bits per heavy atom. The quantitative estimate of drug-likeness (QED) is 0.559. The molecule has 0 unspecified atom stereocenters. The van der Waals surface area contributed by atoms with E-state index in [-0.39, 0.29) is 11.5 Å². The van der Waals surface area contributed by atoms with Gasteiger partial charge >= 0.3 is 13.2 Å². The van der Waals surface area contributed by atoms with Gasteiger partial charge in [-0.2, -0.15) is 29.3 Å². The largest absolute Gasteiger partial charge is 0.435 e. The van der Waals surface area contributed by atoms with Crippen LogP contribution in [0.4, 0.5) is 17.6 Å². The van der Waals surface area contributed by atoms with Gasteiger partial charge in [-0.1, -0.05) is 6.07 Å². The molecule has 1 rings (SSSR count). The van der Waals surface area contributed by atoms with Gasteiger partial charge in [-0.05, 0) is 12.3 Å². The second-order valence-electron chi connectivity index (χ2n) is 3.70. The first-order chi connectivity index (χ1) is 9.52. The first-order valence-electron chi connectivity index (χ1n) is 5.75. The lowest BCUT2D eigenvalue weighted by molar-refractivity contribution is -0.0546. The molecular formula is C12H15F4NO2S. The van der Waals surface area contributed by atoms with Crippen LogP contribution in [0, 0.1) is 0 Å². The van der Waals surface area contributed by atoms with Gasteiger partial charge in [0, 0.05) is 30.5 Å². The second-order valence-corrected chi connectivity index (χ2v) is 4.68. The Morgan fingerprint density at radius 2 is 1.85 bits per heavy atom. The highest BCUT2D eigenvalue weighted by molar-refractivity contribution is 7.98. The van der Waals surface area contributed by atoms with E-state index in [0.717, 1.165) is 11.8 Å². The Kier molecular flexibility index (Phi) is 7.53. The molecule has 114 valence electrons. The fourth-order valence-corrected chi connectivity index (χ4v) is 1.81. The molecule has 0 amide bonds. The molecule has 0 aromatic heterocycles. The van der Waals surface area contributed by atoms with Gasteiger partial charge in [0.1, 0.15) is 11.5 Å². The highest BCUT2D eigenvalue weighted by Gasteiger charge is 2.13. The van der Waals surface area contributed by atoms with Crippen molar-refractivity contribution in [2.45, 2.75) is 19.8 Å². The SMILES string of the molecule is CSCCNCc1ccc(OC(F)F)cc1OC(F)F. The van der Waals surface area contributed by atoms with Crippen molar-refractivity contribution in [2.24, 2.45) is 0 Å². The van der Waals surface area contributed by atoms with Gasteiger partial charge < -0.3 is 14.8 Å². The van der Waals surface area contributed by atoms with E-state index in [2.05, 4.69) is 14.8 Å². The van der Waals surface area contributed by atoms with Crippen LogP contribution >= 0.6 is 11.8 Å². The van der Waals surface area contributed by atoms with Crippen LogP contribution in [0.2, 0.25) is 0 Å². The number of hydrogen-bond donors (Lipinski definition) is 1. The third-order valence-corrected chi connectivity index (χ3v) is 2.89. The fourth-order valence-electron chi connectivity index (χ4n) is 1.46. The highest BCUT2D eigenvalue weighted by Crippen LogP contribution is 2.27. The summed E-state index contributed by atoms with van der Waals surface area (Å²) in [5, 5.41) is 3.04. The Balaban J connectivity index is 2.75. The van der Waals surface area contributed by atoms with Crippen molar-refractivity contribution in [2.75, 3.05) is 18.6 Å². The maximum Gasteiger partial charge on any atom is 0.387 e. The summed E-state index contributed by atoms with van der Waals surface area (Å²) in [6, 6.07) is 3.74. The van der Waals surface area contributed by atoms with E-state index in [0.29, 0.717) is 18.7 Å². The fraction of sp³-hybridized carbons (Fsp3) is 0.500. The van der Waals surface area contributed by atoms with Crippen molar-refractivity contribution in [3.05, 3.63) is 23.8 Å². The number of alkyl halides is 4. The number of nitrogens with one attached hydrogen (secondary N) is 1. The van der Waals surface area contributed by atoms with Crippen LogP contribution in [0.1, 0.15) is 5.56 Å². The Morgan fingerprint density at radius 3 is 2.45 bits per heavy atom. The predicted octanol–water partition coefficient (Wildman–Crippen LogP) is 3.34. The lowest BCUT2D eigenvalue weighted by Gasteiger charge is -2.13. The molecule has 0 radical (unpaired) electrons. The minimum atomic E-state index is -3.03. The maximum atomic E-state index is 12.3. The van der Waals surface area contributed by atoms with Gasteiger partial charge in [0.25, 0.3) is 0 Å². The average Bonchev–Trinajstić information content (AvgIpc) is 2.35. The van der Waals surface area contributed by atoms with E-state index < -0.39 is 13.2 Å². The zero-order valence-corrected chi connectivity index (χ0v) is 11.6. The molecule has 0 saturated heterocycles. The van der Waals surface area contributed by atoms with E-state index >= 15 is 0 Å². The summed E-state index contributed by atoms with van der Waals surface area (Å²) in [5.74, 6) is 0.482. The molecule has 0 fully saturated rings. The molecule has 0 heterocycles. The molecule has 1 N–H and O–H groups in total. The van der Waals surface area contributed by atoms with Crippen molar-refractivity contribution in [3.63, 3.8) is 0 Å². The van der Waals surface area contributed by atoms with Gasteiger partial charge in [0.15, 0.2) is 0 Å². The summed E-state index contributed by atoms with van der Waals surface area (Å²) in [4.78, 5) is 0. The standard InChI is InChI=1S/C12H15F4NO2S/c1-20-5-4-17-7-8-2-3-9(18-11(13)14)6-10(8)19-12(15)16/h2-3,6,11-12,17H,4-5,7H2,1H3. The summed E-state index contributed by atoms with van der Waals surface area (Å²) in [6.45, 7) is -5.04. The highest BCUT2D eigenvalue weighted by atomic mass is 32.2. The maximum absolute atomic E-state index is 12.3. The molecular weight excluding hydrogens is 298 g/mol. The number of ether oxygens (including phenoxy) is 2. The first-order valence-corrected chi connectivity index (χ1v) is 7.14. The lowest BCUT2D eigenvalue weighted by atomic mass is 10.2. The zero-order valence-electron chi connectivity index (χ0n) is 10.7. The Labute approximate surface area is 118 Å². The van der Waals surface area contributed by atoms with Crippen LogP contribution in [-0.4, -0.2) is 31.8 Å². The Hall–Kier alpha value is -1.15. The first kappa shape index (κ1) is 16.9. The Bertz CT molecular complexity index is 407. The van der Waals surface area contributed by atoms with E-state index in [1.807, 2.05) is 6.26 Å². The molecule has 3 nitrogen and oxygen atoms in total. The number of hydrogen-bond acceptors (Lipinski definition) is 4. The van der Waals surface area contributed by atoms with Crippen LogP contribution in [0.15, 0.2) is 18.2 Å². The van der Waals surface area contributed by atoms with Gasteiger partial charge in [-0.25, -0.2) is 0 Å². The van der Waals surface area contributed by atoms with Crippen molar-refractivity contribution in [1.82, 2.24) is 5.32 Å². The van der Waals surface area contributed by atoms with E-state index in [1.54, 1.807) is 11.8 Å². The van der Waals surface area contributed by atoms with E-state index in [1.165, 1.54) is 12.1 Å². The van der Waals surface area contributed by atoms with Crippen LogP contribution in [0.5, 0.6) is 11.5 Å². The summed E-state index contributed by atoms with van der Waals surface area (Å²) in [7, 11) is 0. The molecule has 0 saturated carbocycles. The van der Waals surface area contributed by atoms with Gasteiger partial charge in [-0.15, -0.1) is 0 Å². The molecule has 0 aliphatic heterocycles. The smallest absolute Gasteiger partial charge is 0.387 e. The van der Waals surface area contributed by atoms with Crippen molar-refractivity contribution >= 4 is 11.8 Å². The molecule has 1 aromatic carbocycles. The van der Waals surface area contributed by atoms with Crippen molar-refractivity contribution in [1.29, 1.82) is 0 Å². The zero-order chi connectivity index (χ0) is 15.0. The predicted molar refractivity (Wildman–Crippen MR) is 69.8 cm³/mol. The van der Waals surface area contributed by atoms with Crippen molar-refractivity contribution < 1.29 is 27.0 Å². The molecule has 0 aliphatic rings. The summed E-state index contributed by atoms with van der Waals surface area (Å²) in [5.41, 5.74) is 0.452. The van der Waals surface area contributed by atoms with Crippen LogP contribution in [0.3, 0.4) is 0 Å². The number of halogens is 4. The van der Waals surface area contributed by atoms with Gasteiger partial charge in [0.05, 0.1) is 0 Å². The summed E-state index contributed by atoms with van der Waals surface area (Å²) < 4.78 is 57.2. The minimum absolute atomic E-state index is 0.171. The molecule has 0 atom stereocenters. The summed E-state index contributed by atoms with van der Waals surface area (Å²) >= 11 is 1.64. The monoisotopic (exact) mass is 313 g/mol. The number of thioether (sulfide) groups is 1. The molecule has 0 bridgehead atoms. The lowest BCUT2D eigenvalue weighted by Crippen LogP contribution is -2.17. The third kappa shape index (κ3) is 6.33. The molecule has 8 heteroatoms. The topological polar surface area (TPSA) is 30.5 Å². The van der Waals surface area contributed by atoms with Gasteiger partial charge in [-0.3, -0.25) is 0 Å². The van der Waals surface area contributed by atoms with Crippen LogP contribution in [-0.2, 0) is 6.54 Å². The molecule has 0 aliphatic carbocycles. The molecule has 20 heavy (non-hydrogen) atoms. The van der Waals surface area contributed by atoms with Gasteiger partial charge in [0.2, 0.25) is 0 Å². The summed E-state index contributed by atoms with van der Waals surface area (Å²) in [6.07, 6.45) is 1.95. The average molecular weight is 313 g/mol. The van der Waals surface area contributed by atoms with Crippen LogP contribution < -0.4 is 14.8 Å². The molecule has 1 aromatic rings.